The molecule has 0 aliphatic heterocycles. The van der Waals surface area contributed by atoms with Gasteiger partial charge >= 0.3 is 11.7 Å². The highest BCUT2D eigenvalue weighted by Crippen LogP contribution is 2.35. The van der Waals surface area contributed by atoms with Crippen molar-refractivity contribution in [1.29, 1.82) is 0 Å². The molecule has 0 bridgehead atoms. The lowest BCUT2D eigenvalue weighted by Crippen LogP contribution is -2.32. The average Bonchev–Trinajstić information content (AvgIpc) is 2.25. The summed E-state index contributed by atoms with van der Waals surface area (Å²) in [6.07, 6.45) is -1.13. The molecule has 0 aliphatic carbocycles. The molecule has 0 saturated carbocycles. The Labute approximate surface area is 118 Å². The lowest BCUT2D eigenvalue weighted by Gasteiger charge is -2.19. The van der Waals surface area contributed by atoms with Crippen molar-refractivity contribution in [2.24, 2.45) is 5.92 Å². The maximum absolute atomic E-state index is 11.1. The highest BCUT2D eigenvalue weighted by molar-refractivity contribution is 9.10. The van der Waals surface area contributed by atoms with Gasteiger partial charge in [-0.25, -0.2) is 4.79 Å². The van der Waals surface area contributed by atoms with E-state index >= 15 is 0 Å². The number of hydrogen-bond donors (Lipinski definition) is 1. The second-order valence-electron chi connectivity index (χ2n) is 4.45. The molecule has 1 aromatic carbocycles. The van der Waals surface area contributed by atoms with Gasteiger partial charge in [0.1, 0.15) is 0 Å². The van der Waals surface area contributed by atoms with Crippen LogP contribution in [-0.4, -0.2) is 22.1 Å². The molecule has 1 atom stereocenters. The Bertz CT molecular complexity index is 515. The summed E-state index contributed by atoms with van der Waals surface area (Å²) < 4.78 is 5.90. The second-order valence-corrected chi connectivity index (χ2v) is 5.36. The Morgan fingerprint density at radius 3 is 2.47 bits per heavy atom. The van der Waals surface area contributed by atoms with Crippen LogP contribution < -0.4 is 4.74 Å². The van der Waals surface area contributed by atoms with Crippen molar-refractivity contribution in [3.8, 4) is 5.75 Å². The van der Waals surface area contributed by atoms with Crippen LogP contribution in [0.3, 0.4) is 0 Å². The molecule has 7 heteroatoms. The van der Waals surface area contributed by atoms with Crippen molar-refractivity contribution in [2.45, 2.75) is 26.9 Å². The first kappa shape index (κ1) is 15.4. The van der Waals surface area contributed by atoms with E-state index in [0.717, 1.165) is 0 Å². The lowest BCUT2D eigenvalue weighted by molar-refractivity contribution is -0.386. The molecule has 6 nitrogen and oxygen atoms in total. The van der Waals surface area contributed by atoms with Gasteiger partial charge in [-0.05, 0) is 18.6 Å². The zero-order valence-corrected chi connectivity index (χ0v) is 12.3. The van der Waals surface area contributed by atoms with Gasteiger partial charge < -0.3 is 9.84 Å². The molecule has 0 radical (unpaired) electrons. The van der Waals surface area contributed by atoms with Gasteiger partial charge in [0, 0.05) is 16.5 Å². The monoisotopic (exact) mass is 331 g/mol. The number of nitrogens with zero attached hydrogens (tertiary/aromatic N) is 1. The summed E-state index contributed by atoms with van der Waals surface area (Å²) in [6.45, 7) is 4.99. The standard InChI is InChI=1S/C12H14BrNO5/c1-6(2)10(12(15)16)19-11-7(3)4-8(13)5-9(11)14(17)18/h4-6,10H,1-3H3,(H,15,16). The Morgan fingerprint density at radius 2 is 2.05 bits per heavy atom. The quantitative estimate of drug-likeness (QED) is 0.661. The SMILES string of the molecule is Cc1cc(Br)cc([N+](=O)[O-])c1OC(C(=O)O)C(C)C. The fourth-order valence-corrected chi connectivity index (χ4v) is 2.16. The van der Waals surface area contributed by atoms with Crippen LogP contribution in [0.15, 0.2) is 16.6 Å². The van der Waals surface area contributed by atoms with E-state index in [1.165, 1.54) is 6.07 Å². The molecular weight excluding hydrogens is 318 g/mol. The normalized spacial score (nSPS) is 12.3. The summed E-state index contributed by atoms with van der Waals surface area (Å²) in [4.78, 5) is 21.5. The van der Waals surface area contributed by atoms with E-state index < -0.39 is 17.0 Å². The van der Waals surface area contributed by atoms with Crippen molar-refractivity contribution in [1.82, 2.24) is 0 Å². The number of aryl methyl sites for hydroxylation is 1. The third-order valence-electron chi connectivity index (χ3n) is 2.51. The number of hydrogen-bond acceptors (Lipinski definition) is 4. The van der Waals surface area contributed by atoms with E-state index in [-0.39, 0.29) is 17.4 Å². The van der Waals surface area contributed by atoms with Crippen LogP contribution in [0.4, 0.5) is 5.69 Å². The topological polar surface area (TPSA) is 89.7 Å². The van der Waals surface area contributed by atoms with E-state index in [9.17, 15) is 14.9 Å². The van der Waals surface area contributed by atoms with Crippen LogP contribution in [-0.2, 0) is 4.79 Å². The van der Waals surface area contributed by atoms with Gasteiger partial charge in [-0.1, -0.05) is 29.8 Å². The fourth-order valence-electron chi connectivity index (χ4n) is 1.60. The number of aliphatic carboxylic acids is 1. The lowest BCUT2D eigenvalue weighted by atomic mass is 10.1. The average molecular weight is 332 g/mol. The summed E-state index contributed by atoms with van der Waals surface area (Å²) in [7, 11) is 0. The highest BCUT2D eigenvalue weighted by atomic mass is 79.9. The molecule has 0 saturated heterocycles. The number of nitro groups is 1. The Balaban J connectivity index is 3.26. The summed E-state index contributed by atoms with van der Waals surface area (Å²) in [5, 5.41) is 20.1. The maximum Gasteiger partial charge on any atom is 0.345 e. The second kappa shape index (κ2) is 6.01. The minimum Gasteiger partial charge on any atom is -0.478 e. The largest absolute Gasteiger partial charge is 0.478 e. The molecule has 0 heterocycles. The first-order chi connectivity index (χ1) is 8.73. The summed E-state index contributed by atoms with van der Waals surface area (Å²) in [5.41, 5.74) is 0.256. The Kier molecular flexibility index (Phi) is 4.88. The van der Waals surface area contributed by atoms with Crippen LogP contribution >= 0.6 is 15.9 Å². The molecular formula is C12H14BrNO5. The fraction of sp³-hybridized carbons (Fsp3) is 0.417. The zero-order valence-electron chi connectivity index (χ0n) is 10.7. The van der Waals surface area contributed by atoms with Gasteiger partial charge in [0.05, 0.1) is 4.92 Å². The van der Waals surface area contributed by atoms with Gasteiger partial charge in [0.15, 0.2) is 6.10 Å². The predicted molar refractivity (Wildman–Crippen MR) is 72.4 cm³/mol. The number of halogens is 1. The summed E-state index contributed by atoms with van der Waals surface area (Å²) in [6, 6.07) is 2.93. The first-order valence-electron chi connectivity index (χ1n) is 5.58. The van der Waals surface area contributed by atoms with E-state index in [4.69, 9.17) is 9.84 Å². The molecule has 0 aromatic heterocycles. The third-order valence-corrected chi connectivity index (χ3v) is 2.97. The molecule has 1 rings (SSSR count). The number of carboxylic acids is 1. The van der Waals surface area contributed by atoms with Crippen molar-refractivity contribution in [2.75, 3.05) is 0 Å². The van der Waals surface area contributed by atoms with Crippen molar-refractivity contribution in [3.63, 3.8) is 0 Å². The highest BCUT2D eigenvalue weighted by Gasteiger charge is 2.28. The van der Waals surface area contributed by atoms with Crippen molar-refractivity contribution in [3.05, 3.63) is 32.3 Å². The molecule has 0 aliphatic rings. The van der Waals surface area contributed by atoms with Crippen LogP contribution in [0.25, 0.3) is 0 Å². The molecule has 0 spiro atoms. The first-order valence-corrected chi connectivity index (χ1v) is 6.37. The Hall–Kier alpha value is -1.63. The minimum absolute atomic E-state index is 0.00528. The van der Waals surface area contributed by atoms with Crippen molar-refractivity contribution >= 4 is 27.6 Å². The van der Waals surface area contributed by atoms with E-state index in [2.05, 4.69) is 15.9 Å². The molecule has 1 aromatic rings. The molecule has 0 fully saturated rings. The van der Waals surface area contributed by atoms with Gasteiger partial charge in [-0.2, -0.15) is 0 Å². The predicted octanol–water partition coefficient (Wildman–Crippen LogP) is 3.15. The van der Waals surface area contributed by atoms with Crippen LogP contribution in [0, 0.1) is 23.0 Å². The number of carboxylic acid groups (broad SMARTS) is 1. The number of nitro benzene ring substituents is 1. The number of benzene rings is 1. The smallest absolute Gasteiger partial charge is 0.345 e. The van der Waals surface area contributed by atoms with Crippen LogP contribution in [0.2, 0.25) is 0 Å². The van der Waals surface area contributed by atoms with Gasteiger partial charge in [-0.3, -0.25) is 10.1 Å². The Morgan fingerprint density at radius 1 is 1.47 bits per heavy atom. The van der Waals surface area contributed by atoms with Gasteiger partial charge in [0.2, 0.25) is 5.75 Å². The van der Waals surface area contributed by atoms with E-state index in [1.54, 1.807) is 26.8 Å². The third kappa shape index (κ3) is 3.66. The minimum atomic E-state index is -1.15. The maximum atomic E-state index is 11.1. The van der Waals surface area contributed by atoms with E-state index in [0.29, 0.717) is 10.0 Å². The van der Waals surface area contributed by atoms with Gasteiger partial charge in [-0.15, -0.1) is 0 Å². The number of ether oxygens (including phenoxy) is 1. The molecule has 0 amide bonds. The summed E-state index contributed by atoms with van der Waals surface area (Å²) >= 11 is 3.16. The summed E-state index contributed by atoms with van der Waals surface area (Å²) in [5.74, 6) is -1.46. The molecule has 104 valence electrons. The number of carbonyl (C=O) groups is 1. The number of rotatable bonds is 5. The van der Waals surface area contributed by atoms with E-state index in [1.807, 2.05) is 0 Å². The van der Waals surface area contributed by atoms with Crippen LogP contribution in [0.5, 0.6) is 5.75 Å². The molecule has 1 N–H and O–H groups in total. The zero-order chi connectivity index (χ0) is 14.7. The molecule has 19 heavy (non-hydrogen) atoms. The van der Waals surface area contributed by atoms with Gasteiger partial charge in [0.25, 0.3) is 0 Å². The van der Waals surface area contributed by atoms with Crippen molar-refractivity contribution < 1.29 is 19.6 Å². The van der Waals surface area contributed by atoms with Crippen LogP contribution in [0.1, 0.15) is 19.4 Å². The molecule has 1 unspecified atom stereocenters.